The van der Waals surface area contributed by atoms with Gasteiger partial charge in [0.25, 0.3) is 10.0 Å². The second-order valence-corrected chi connectivity index (χ2v) is 9.86. The van der Waals surface area contributed by atoms with Gasteiger partial charge in [-0.05, 0) is 61.7 Å². The highest BCUT2D eigenvalue weighted by molar-refractivity contribution is 7.92. The number of nitrogens with zero attached hydrogens (tertiary/aromatic N) is 1. The first-order valence-electron chi connectivity index (χ1n) is 9.91. The number of nitrogens with one attached hydrogen (secondary N) is 1. The van der Waals surface area contributed by atoms with Crippen molar-refractivity contribution in [2.75, 3.05) is 4.72 Å². The third kappa shape index (κ3) is 5.61. The van der Waals surface area contributed by atoms with Gasteiger partial charge in [-0.25, -0.2) is 17.6 Å². The van der Waals surface area contributed by atoms with Crippen LogP contribution in [0.15, 0.2) is 59.8 Å². The van der Waals surface area contributed by atoms with Crippen LogP contribution in [0.5, 0.6) is 5.75 Å². The smallest absolute Gasteiger partial charge is 0.347 e. The van der Waals surface area contributed by atoms with E-state index in [1.165, 1.54) is 44.3 Å². The monoisotopic (exact) mass is 492 g/mol. The van der Waals surface area contributed by atoms with E-state index >= 15 is 0 Å². The Morgan fingerprint density at radius 1 is 1.18 bits per heavy atom. The molecule has 174 valence electrons. The Balaban J connectivity index is 2.00. The summed E-state index contributed by atoms with van der Waals surface area (Å²) in [6.45, 7) is 4.68. The lowest BCUT2D eigenvalue weighted by Gasteiger charge is -2.21. The van der Waals surface area contributed by atoms with E-state index < -0.39 is 27.4 Å². The summed E-state index contributed by atoms with van der Waals surface area (Å²) in [7, 11) is -4.14. The summed E-state index contributed by atoms with van der Waals surface area (Å²) in [5, 5.41) is 9.29. The number of aromatic nitrogens is 1. The van der Waals surface area contributed by atoms with Gasteiger partial charge in [-0.15, -0.1) is 0 Å². The van der Waals surface area contributed by atoms with Crippen molar-refractivity contribution < 1.29 is 27.4 Å². The van der Waals surface area contributed by atoms with Crippen LogP contribution in [-0.4, -0.2) is 30.1 Å². The van der Waals surface area contributed by atoms with Gasteiger partial charge in [0.05, 0.1) is 5.69 Å². The highest BCUT2D eigenvalue weighted by atomic mass is 35.5. The number of aryl methyl sites for hydroxylation is 1. The Morgan fingerprint density at radius 2 is 1.85 bits per heavy atom. The second-order valence-electron chi connectivity index (χ2n) is 7.74. The molecule has 0 radical (unpaired) electrons. The summed E-state index contributed by atoms with van der Waals surface area (Å²) in [6.07, 6.45) is 3.33. The maximum atomic E-state index is 14.9. The minimum absolute atomic E-state index is 0.0763. The van der Waals surface area contributed by atoms with E-state index in [-0.39, 0.29) is 26.9 Å². The predicted molar refractivity (Wildman–Crippen MR) is 124 cm³/mol. The molecular formula is C23H22ClFN2O5S. The number of carbonyl (C=O) groups is 1. The first-order chi connectivity index (χ1) is 15.4. The maximum absolute atomic E-state index is 14.9. The molecule has 0 saturated heterocycles. The number of carboxylic acid groups (broad SMARTS) is 1. The predicted octanol–water partition coefficient (Wildman–Crippen LogP) is 5.15. The lowest BCUT2D eigenvalue weighted by Crippen LogP contribution is -2.37. The summed E-state index contributed by atoms with van der Waals surface area (Å²) in [5.74, 6) is -1.71. The number of ether oxygens (including phenoxy) is 1. The zero-order chi connectivity index (χ0) is 24.4. The average Bonchev–Trinajstić information content (AvgIpc) is 2.75. The molecule has 2 aromatic carbocycles. The van der Waals surface area contributed by atoms with Crippen molar-refractivity contribution in [2.45, 2.75) is 37.7 Å². The molecule has 0 unspecified atom stereocenters. The van der Waals surface area contributed by atoms with Crippen LogP contribution >= 0.6 is 11.6 Å². The molecule has 7 nitrogen and oxygen atoms in total. The summed E-state index contributed by atoms with van der Waals surface area (Å²) < 4.78 is 48.5. The largest absolute Gasteiger partial charge is 0.478 e. The molecule has 0 fully saturated rings. The number of rotatable bonds is 8. The average molecular weight is 493 g/mol. The van der Waals surface area contributed by atoms with E-state index in [2.05, 4.69) is 9.71 Å². The van der Waals surface area contributed by atoms with Crippen LogP contribution in [-0.2, 0) is 21.2 Å². The van der Waals surface area contributed by atoms with Gasteiger partial charge in [0, 0.05) is 23.0 Å². The Morgan fingerprint density at radius 3 is 2.45 bits per heavy atom. The van der Waals surface area contributed by atoms with Crippen LogP contribution in [0.2, 0.25) is 5.02 Å². The molecule has 2 N–H and O–H groups in total. The molecule has 3 rings (SSSR count). The first kappa shape index (κ1) is 24.5. The molecule has 0 aliphatic carbocycles. The van der Waals surface area contributed by atoms with E-state index in [1.54, 1.807) is 18.3 Å². The van der Waals surface area contributed by atoms with Crippen molar-refractivity contribution in [1.29, 1.82) is 0 Å². The van der Waals surface area contributed by atoms with Gasteiger partial charge in [0.1, 0.15) is 16.5 Å². The molecule has 0 amide bonds. The summed E-state index contributed by atoms with van der Waals surface area (Å²) in [6, 6.07) is 10.0. The van der Waals surface area contributed by atoms with Crippen molar-refractivity contribution >= 4 is 33.3 Å². The number of pyridine rings is 1. The minimum Gasteiger partial charge on any atom is -0.478 e. The Labute approximate surface area is 196 Å². The van der Waals surface area contributed by atoms with Crippen LogP contribution in [0.1, 0.15) is 26.3 Å². The standard InChI is InChI=1S/C23H22ClFN2O5S/c1-4-14-9-18(13-26-12-14)33(30,31)27-21-19(10-16(24)11-20(21)25)15-5-7-17(8-6-15)32-23(2,3)22(28)29/h5-13,27H,4H2,1-3H3,(H,28,29). The highest BCUT2D eigenvalue weighted by Crippen LogP contribution is 2.36. The molecule has 0 spiro atoms. The van der Waals surface area contributed by atoms with Crippen molar-refractivity contribution in [1.82, 2.24) is 4.98 Å². The van der Waals surface area contributed by atoms with Crippen molar-refractivity contribution in [3.8, 4) is 16.9 Å². The van der Waals surface area contributed by atoms with E-state index in [1.807, 2.05) is 6.92 Å². The van der Waals surface area contributed by atoms with Crippen LogP contribution < -0.4 is 9.46 Å². The molecule has 0 bridgehead atoms. The Kier molecular flexibility index (Phi) is 6.94. The van der Waals surface area contributed by atoms with Crippen molar-refractivity contribution in [3.05, 3.63) is 71.3 Å². The van der Waals surface area contributed by atoms with Crippen LogP contribution in [0, 0.1) is 5.82 Å². The van der Waals surface area contributed by atoms with E-state index in [4.69, 9.17) is 16.3 Å². The second kappa shape index (κ2) is 9.36. The number of hydrogen-bond acceptors (Lipinski definition) is 5. The number of carboxylic acids is 1. The molecular weight excluding hydrogens is 471 g/mol. The van der Waals surface area contributed by atoms with Crippen molar-refractivity contribution in [3.63, 3.8) is 0 Å². The number of benzene rings is 2. The summed E-state index contributed by atoms with van der Waals surface area (Å²) >= 11 is 6.04. The Bertz CT molecular complexity index is 1290. The van der Waals surface area contributed by atoms with Gasteiger partial charge >= 0.3 is 5.97 Å². The molecule has 1 heterocycles. The van der Waals surface area contributed by atoms with Crippen LogP contribution in [0.4, 0.5) is 10.1 Å². The van der Waals surface area contributed by atoms with Gasteiger partial charge < -0.3 is 9.84 Å². The van der Waals surface area contributed by atoms with E-state index in [0.29, 0.717) is 12.0 Å². The number of hydrogen-bond donors (Lipinski definition) is 2. The van der Waals surface area contributed by atoms with Crippen LogP contribution in [0.25, 0.3) is 11.1 Å². The first-order valence-corrected chi connectivity index (χ1v) is 11.8. The van der Waals surface area contributed by atoms with Gasteiger partial charge in [-0.2, -0.15) is 0 Å². The number of aliphatic carboxylic acids is 1. The van der Waals surface area contributed by atoms with E-state index in [0.717, 1.165) is 11.6 Å². The normalized spacial score (nSPS) is 11.8. The fourth-order valence-corrected chi connectivity index (χ4v) is 4.25. The SMILES string of the molecule is CCc1cncc(S(=O)(=O)Nc2c(F)cc(Cl)cc2-c2ccc(OC(C)(C)C(=O)O)cc2)c1. The molecule has 33 heavy (non-hydrogen) atoms. The van der Waals surface area contributed by atoms with Gasteiger partial charge in [-0.3, -0.25) is 9.71 Å². The molecule has 0 aliphatic rings. The lowest BCUT2D eigenvalue weighted by atomic mass is 10.0. The summed E-state index contributed by atoms with van der Waals surface area (Å²) in [4.78, 5) is 15.1. The zero-order valence-corrected chi connectivity index (χ0v) is 19.7. The number of sulfonamides is 1. The molecule has 0 aliphatic heterocycles. The molecule has 1 aromatic heterocycles. The van der Waals surface area contributed by atoms with Gasteiger partial charge in [-0.1, -0.05) is 30.7 Å². The van der Waals surface area contributed by atoms with E-state index in [9.17, 15) is 22.7 Å². The van der Waals surface area contributed by atoms with Crippen molar-refractivity contribution in [2.24, 2.45) is 0 Å². The lowest BCUT2D eigenvalue weighted by molar-refractivity contribution is -0.152. The fraction of sp³-hybridized carbons (Fsp3) is 0.217. The molecule has 10 heteroatoms. The molecule has 0 atom stereocenters. The fourth-order valence-electron chi connectivity index (χ4n) is 2.94. The third-order valence-electron chi connectivity index (χ3n) is 4.83. The maximum Gasteiger partial charge on any atom is 0.347 e. The number of anilines is 1. The molecule has 3 aromatic rings. The number of halogens is 2. The van der Waals surface area contributed by atoms with Gasteiger partial charge in [0.15, 0.2) is 5.60 Å². The third-order valence-corrected chi connectivity index (χ3v) is 6.37. The molecule has 0 saturated carbocycles. The van der Waals surface area contributed by atoms with Crippen LogP contribution in [0.3, 0.4) is 0 Å². The minimum atomic E-state index is -4.14. The summed E-state index contributed by atoms with van der Waals surface area (Å²) in [5.41, 5.74) is -0.372. The zero-order valence-electron chi connectivity index (χ0n) is 18.1. The topological polar surface area (TPSA) is 106 Å². The highest BCUT2D eigenvalue weighted by Gasteiger charge is 2.29. The van der Waals surface area contributed by atoms with Gasteiger partial charge in [0.2, 0.25) is 0 Å². The Hall–Kier alpha value is -3.17. The quantitative estimate of drug-likeness (QED) is 0.450.